The van der Waals surface area contributed by atoms with Gasteiger partial charge in [-0.1, -0.05) is 158 Å². The molecule has 240 valence electrons. The maximum absolute atomic E-state index is 6.58. The molecule has 1 N–H and O–H groups in total. The van der Waals surface area contributed by atoms with E-state index in [2.05, 4.69) is 145 Å². The fourth-order valence-corrected chi connectivity index (χ4v) is 7.37. The van der Waals surface area contributed by atoms with Crippen molar-refractivity contribution in [3.05, 3.63) is 193 Å². The monoisotopic (exact) mass is 653 g/mol. The summed E-state index contributed by atoms with van der Waals surface area (Å²) >= 11 is 0. The number of aliphatic imine (C=N–C) groups is 1. The molecule has 0 bridgehead atoms. The van der Waals surface area contributed by atoms with E-state index in [1.54, 1.807) is 0 Å². The maximum atomic E-state index is 6.58. The quantitative estimate of drug-likeness (QED) is 0.188. The Bertz CT molecular complexity index is 2760. The van der Waals surface area contributed by atoms with Crippen LogP contribution in [0.25, 0.3) is 71.7 Å². The zero-order valence-corrected chi connectivity index (χ0v) is 27.6. The van der Waals surface area contributed by atoms with Crippen LogP contribution in [0, 0.1) is 0 Å². The molecule has 10 rings (SSSR count). The van der Waals surface area contributed by atoms with E-state index in [9.17, 15) is 0 Å². The molecule has 1 aliphatic heterocycles. The minimum atomic E-state index is -0.130. The van der Waals surface area contributed by atoms with Gasteiger partial charge in [0.1, 0.15) is 17.1 Å². The molecule has 2 aromatic heterocycles. The summed E-state index contributed by atoms with van der Waals surface area (Å²) in [6.45, 7) is 0. The zero-order valence-electron chi connectivity index (χ0n) is 27.6. The van der Waals surface area contributed by atoms with Crippen molar-refractivity contribution in [3.8, 4) is 22.4 Å². The van der Waals surface area contributed by atoms with Gasteiger partial charge in [0.15, 0.2) is 5.58 Å². The third-order valence-corrected chi connectivity index (χ3v) is 9.90. The van der Waals surface area contributed by atoms with Gasteiger partial charge < -0.3 is 9.73 Å². The molecule has 9 aromatic rings. The third-order valence-electron chi connectivity index (χ3n) is 9.90. The van der Waals surface area contributed by atoms with Gasteiger partial charge in [-0.2, -0.15) is 0 Å². The second-order valence-electron chi connectivity index (χ2n) is 13.0. The third kappa shape index (κ3) is 5.08. The van der Waals surface area contributed by atoms with Gasteiger partial charge in [0.25, 0.3) is 0 Å². The van der Waals surface area contributed by atoms with Crippen molar-refractivity contribution in [2.24, 2.45) is 4.99 Å². The Labute approximate surface area is 295 Å². The fourth-order valence-electron chi connectivity index (χ4n) is 7.37. The van der Waals surface area contributed by atoms with Crippen molar-refractivity contribution >= 4 is 55.1 Å². The first kappa shape index (κ1) is 29.2. The second kappa shape index (κ2) is 12.0. The number of hydrogen-bond acceptors (Lipinski definition) is 4. The Morgan fingerprint density at radius 3 is 2.02 bits per heavy atom. The normalized spacial score (nSPS) is 14.5. The van der Waals surface area contributed by atoms with E-state index in [1.165, 1.54) is 5.39 Å². The zero-order chi connectivity index (χ0) is 33.7. The average Bonchev–Trinajstić information content (AvgIpc) is 3.61. The first-order valence-electron chi connectivity index (χ1n) is 17.3. The van der Waals surface area contributed by atoms with Gasteiger partial charge in [0.05, 0.1) is 11.6 Å². The van der Waals surface area contributed by atoms with E-state index in [0.29, 0.717) is 0 Å². The minimum Gasteiger partial charge on any atom is -0.454 e. The van der Waals surface area contributed by atoms with Crippen molar-refractivity contribution < 1.29 is 4.42 Å². The molecule has 1 unspecified atom stereocenters. The van der Waals surface area contributed by atoms with Gasteiger partial charge in [-0.15, -0.1) is 0 Å². The number of amidine groups is 1. The van der Waals surface area contributed by atoms with Crippen LogP contribution >= 0.6 is 0 Å². The lowest BCUT2D eigenvalue weighted by Crippen LogP contribution is -2.27. The minimum absolute atomic E-state index is 0.130. The summed E-state index contributed by atoms with van der Waals surface area (Å²) in [6, 6.07) is 59.2. The van der Waals surface area contributed by atoms with Crippen molar-refractivity contribution in [2.75, 3.05) is 0 Å². The summed E-state index contributed by atoms with van der Waals surface area (Å²) in [5.41, 5.74) is 11.1. The highest BCUT2D eigenvalue weighted by atomic mass is 16.3. The van der Waals surface area contributed by atoms with Crippen LogP contribution in [0.15, 0.2) is 185 Å². The smallest absolute Gasteiger partial charge is 0.162 e. The number of benzene rings is 7. The average molecular weight is 654 g/mol. The first-order valence-corrected chi connectivity index (χ1v) is 17.3. The van der Waals surface area contributed by atoms with Gasteiger partial charge in [-0.3, -0.25) is 4.99 Å². The first-order chi connectivity index (χ1) is 25.3. The lowest BCUT2D eigenvalue weighted by molar-refractivity contribution is 0.669. The van der Waals surface area contributed by atoms with Crippen molar-refractivity contribution in [1.82, 2.24) is 10.3 Å². The number of pyridine rings is 1. The molecule has 1 atom stereocenters. The van der Waals surface area contributed by atoms with E-state index >= 15 is 0 Å². The highest BCUT2D eigenvalue weighted by molar-refractivity contribution is 6.24. The van der Waals surface area contributed by atoms with Crippen LogP contribution in [0.4, 0.5) is 0 Å². The Balaban J connectivity index is 1.07. The van der Waals surface area contributed by atoms with Gasteiger partial charge in [-0.25, -0.2) is 4.98 Å². The topological polar surface area (TPSA) is 50.4 Å². The highest BCUT2D eigenvalue weighted by Gasteiger charge is 2.21. The van der Waals surface area contributed by atoms with Crippen LogP contribution < -0.4 is 5.32 Å². The van der Waals surface area contributed by atoms with Crippen LogP contribution in [-0.4, -0.2) is 10.8 Å². The fraction of sp³-hybridized carbons (Fsp3) is 0.0213. The lowest BCUT2D eigenvalue weighted by atomic mass is 9.96. The Kier molecular flexibility index (Phi) is 6.85. The van der Waals surface area contributed by atoms with Crippen LogP contribution in [0.5, 0.6) is 0 Å². The molecule has 7 aromatic carbocycles. The van der Waals surface area contributed by atoms with Crippen molar-refractivity contribution in [1.29, 1.82) is 0 Å². The second-order valence-corrected chi connectivity index (χ2v) is 13.0. The number of aromatic nitrogens is 1. The standard InChI is InChI=1S/C47H31N3O/c1-3-13-32(14-4-1)40-29-41(49-47(48-40)34-15-5-2-6-16-34)33-24-22-30(23-25-33)35-17-11-18-36(28-35)44-46-43(38-20-9-10-21-42(38)51-46)39-27-26-31-12-7-8-19-37(31)45(39)50-44/h1-29,41H,(H,48,49). The van der Waals surface area contributed by atoms with E-state index in [4.69, 9.17) is 14.4 Å². The molecule has 0 saturated heterocycles. The summed E-state index contributed by atoms with van der Waals surface area (Å²) < 4.78 is 6.58. The molecule has 3 heterocycles. The van der Waals surface area contributed by atoms with Gasteiger partial charge >= 0.3 is 0 Å². The summed E-state index contributed by atoms with van der Waals surface area (Å²) in [4.78, 5) is 10.5. The maximum Gasteiger partial charge on any atom is 0.162 e. The van der Waals surface area contributed by atoms with Crippen molar-refractivity contribution in [3.63, 3.8) is 0 Å². The summed E-state index contributed by atoms with van der Waals surface area (Å²) in [7, 11) is 0. The van der Waals surface area contributed by atoms with Gasteiger partial charge in [0, 0.05) is 38.4 Å². The Hall–Kier alpha value is -6.78. The molecule has 4 heteroatoms. The number of rotatable bonds is 5. The number of furan rings is 1. The number of nitrogens with zero attached hydrogens (tertiary/aromatic N) is 2. The predicted octanol–water partition coefficient (Wildman–Crippen LogP) is 11.8. The number of hydrogen-bond donors (Lipinski definition) is 1. The molecule has 0 radical (unpaired) electrons. The molecular weight excluding hydrogens is 623 g/mol. The molecule has 0 saturated carbocycles. The lowest BCUT2D eigenvalue weighted by Gasteiger charge is -2.23. The number of fused-ring (bicyclic) bond motifs is 7. The SMILES string of the molecule is C1=C(c2ccccc2)NC(c2ccccc2)=NC1c1ccc(-c2cccc(-c3nc4c5ccccc5ccc4c4c3oc3ccccc34)c2)cc1. The molecule has 1 aliphatic rings. The molecule has 0 amide bonds. The summed E-state index contributed by atoms with van der Waals surface area (Å²) in [5, 5.41) is 9.19. The number of nitrogens with one attached hydrogen (secondary N) is 1. The molecule has 4 nitrogen and oxygen atoms in total. The van der Waals surface area contributed by atoms with E-state index in [1.807, 2.05) is 36.4 Å². The van der Waals surface area contributed by atoms with Crippen LogP contribution in [-0.2, 0) is 0 Å². The van der Waals surface area contributed by atoms with Crippen LogP contribution in [0.3, 0.4) is 0 Å². The predicted molar refractivity (Wildman–Crippen MR) is 211 cm³/mol. The van der Waals surface area contributed by atoms with E-state index in [0.717, 1.165) is 88.8 Å². The van der Waals surface area contributed by atoms with Gasteiger partial charge in [0.2, 0.25) is 0 Å². The highest BCUT2D eigenvalue weighted by Crippen LogP contribution is 2.41. The molecule has 0 spiro atoms. The molecule has 0 fully saturated rings. The van der Waals surface area contributed by atoms with E-state index in [-0.39, 0.29) is 6.04 Å². The Morgan fingerprint density at radius 1 is 0.510 bits per heavy atom. The van der Waals surface area contributed by atoms with Crippen LogP contribution in [0.2, 0.25) is 0 Å². The summed E-state index contributed by atoms with van der Waals surface area (Å²) in [6.07, 6.45) is 2.21. The molecule has 0 aliphatic carbocycles. The molecular formula is C47H31N3O. The summed E-state index contributed by atoms with van der Waals surface area (Å²) in [5.74, 6) is 0.867. The van der Waals surface area contributed by atoms with E-state index < -0.39 is 0 Å². The Morgan fingerprint density at radius 2 is 1.20 bits per heavy atom. The van der Waals surface area contributed by atoms with Crippen molar-refractivity contribution in [2.45, 2.75) is 6.04 Å². The number of para-hydroxylation sites is 1. The van der Waals surface area contributed by atoms with Gasteiger partial charge in [-0.05, 0) is 45.8 Å². The largest absolute Gasteiger partial charge is 0.454 e. The molecule has 51 heavy (non-hydrogen) atoms. The van der Waals surface area contributed by atoms with Crippen LogP contribution in [0.1, 0.15) is 22.7 Å².